The number of carbonyl (C=O) groups is 1. The zero-order valence-electron chi connectivity index (χ0n) is 8.21. The Hall–Kier alpha value is -0.830. The predicted octanol–water partition coefficient (Wildman–Crippen LogP) is 0.982. The van der Waals surface area contributed by atoms with Crippen molar-refractivity contribution in [3.05, 3.63) is 12.2 Å². The molecule has 0 heterocycles. The molecule has 1 atom stereocenters. The van der Waals surface area contributed by atoms with Gasteiger partial charge in [-0.15, -0.1) is 0 Å². The van der Waals surface area contributed by atoms with Gasteiger partial charge in [0.05, 0.1) is 0 Å². The van der Waals surface area contributed by atoms with Crippen molar-refractivity contribution in [2.45, 2.75) is 44.8 Å². The number of amides is 1. The van der Waals surface area contributed by atoms with E-state index in [1.807, 2.05) is 0 Å². The van der Waals surface area contributed by atoms with E-state index < -0.39 is 5.60 Å². The lowest BCUT2D eigenvalue weighted by molar-refractivity contribution is -0.137. The van der Waals surface area contributed by atoms with Crippen LogP contribution in [0.25, 0.3) is 0 Å². The number of aliphatic hydroxyl groups is 1. The number of allylic oxidation sites excluding steroid dienone is 1. The van der Waals surface area contributed by atoms with E-state index in [9.17, 15) is 9.90 Å². The first-order valence-corrected chi connectivity index (χ1v) is 4.68. The molecule has 3 heteroatoms. The minimum absolute atomic E-state index is 0.198. The van der Waals surface area contributed by atoms with Gasteiger partial charge in [0.15, 0.2) is 0 Å². The van der Waals surface area contributed by atoms with Crippen LogP contribution in [0.3, 0.4) is 0 Å². The molecule has 0 bridgehead atoms. The molecule has 2 N–H and O–H groups in total. The Morgan fingerprint density at radius 1 is 1.54 bits per heavy atom. The SMILES string of the molecule is CC(C)(O)C(=O)NC1CC=CCC1. The molecule has 1 amide bonds. The first-order valence-electron chi connectivity index (χ1n) is 4.68. The second-order valence-corrected chi connectivity index (χ2v) is 4.01. The highest BCUT2D eigenvalue weighted by atomic mass is 16.3. The first kappa shape index (κ1) is 10.3. The molecule has 1 unspecified atom stereocenters. The van der Waals surface area contributed by atoms with Crippen LogP contribution >= 0.6 is 0 Å². The van der Waals surface area contributed by atoms with Gasteiger partial charge in [-0.1, -0.05) is 12.2 Å². The van der Waals surface area contributed by atoms with Crippen LogP contribution in [0.15, 0.2) is 12.2 Å². The number of nitrogens with one attached hydrogen (secondary N) is 1. The van der Waals surface area contributed by atoms with Gasteiger partial charge >= 0.3 is 0 Å². The molecule has 0 aromatic heterocycles. The van der Waals surface area contributed by atoms with Gasteiger partial charge in [-0.3, -0.25) is 4.79 Å². The van der Waals surface area contributed by atoms with E-state index in [0.717, 1.165) is 19.3 Å². The number of hydrogen-bond donors (Lipinski definition) is 2. The van der Waals surface area contributed by atoms with E-state index in [-0.39, 0.29) is 11.9 Å². The lowest BCUT2D eigenvalue weighted by Gasteiger charge is -2.24. The van der Waals surface area contributed by atoms with Crippen molar-refractivity contribution in [2.75, 3.05) is 0 Å². The van der Waals surface area contributed by atoms with Crippen molar-refractivity contribution in [3.63, 3.8) is 0 Å². The molecule has 0 aromatic rings. The van der Waals surface area contributed by atoms with E-state index in [2.05, 4.69) is 17.5 Å². The van der Waals surface area contributed by atoms with Crippen LogP contribution in [-0.2, 0) is 4.79 Å². The summed E-state index contributed by atoms with van der Waals surface area (Å²) in [6, 6.07) is 0.198. The van der Waals surface area contributed by atoms with Crippen molar-refractivity contribution in [1.29, 1.82) is 0 Å². The topological polar surface area (TPSA) is 49.3 Å². The Kier molecular flexibility index (Phi) is 3.09. The Morgan fingerprint density at radius 2 is 2.23 bits per heavy atom. The van der Waals surface area contributed by atoms with Gasteiger partial charge in [0.2, 0.25) is 0 Å². The summed E-state index contributed by atoms with van der Waals surface area (Å²) >= 11 is 0. The molecule has 1 aliphatic carbocycles. The molecule has 0 radical (unpaired) electrons. The minimum Gasteiger partial charge on any atom is -0.381 e. The standard InChI is InChI=1S/C10H17NO2/c1-10(2,13)9(12)11-8-6-4-3-5-7-8/h3-4,8,13H,5-7H2,1-2H3,(H,11,12). The minimum atomic E-state index is -1.26. The summed E-state index contributed by atoms with van der Waals surface area (Å²) in [7, 11) is 0. The number of rotatable bonds is 2. The molecular weight excluding hydrogens is 166 g/mol. The maximum atomic E-state index is 11.3. The molecule has 1 rings (SSSR count). The molecule has 0 aromatic carbocycles. The molecular formula is C10H17NO2. The molecule has 0 spiro atoms. The summed E-state index contributed by atoms with van der Waals surface area (Å²) in [4.78, 5) is 11.3. The Labute approximate surface area is 78.8 Å². The smallest absolute Gasteiger partial charge is 0.251 e. The summed E-state index contributed by atoms with van der Waals surface area (Å²) in [5.74, 6) is -0.284. The summed E-state index contributed by atoms with van der Waals surface area (Å²) in [6.45, 7) is 3.00. The fourth-order valence-corrected chi connectivity index (χ4v) is 1.29. The van der Waals surface area contributed by atoms with Crippen LogP contribution < -0.4 is 5.32 Å². The van der Waals surface area contributed by atoms with Crippen LogP contribution in [0.4, 0.5) is 0 Å². The molecule has 0 aliphatic heterocycles. The van der Waals surface area contributed by atoms with Crippen LogP contribution in [-0.4, -0.2) is 22.7 Å². The average molecular weight is 183 g/mol. The lowest BCUT2D eigenvalue weighted by Crippen LogP contribution is -2.46. The van der Waals surface area contributed by atoms with Gasteiger partial charge in [0, 0.05) is 6.04 Å². The molecule has 0 saturated heterocycles. The third-order valence-corrected chi connectivity index (χ3v) is 2.16. The second-order valence-electron chi connectivity index (χ2n) is 4.01. The fourth-order valence-electron chi connectivity index (χ4n) is 1.29. The highest BCUT2D eigenvalue weighted by Crippen LogP contribution is 2.12. The zero-order chi connectivity index (χ0) is 9.90. The lowest BCUT2D eigenvalue weighted by atomic mass is 10.0. The zero-order valence-corrected chi connectivity index (χ0v) is 8.21. The van der Waals surface area contributed by atoms with Gasteiger partial charge in [-0.05, 0) is 33.1 Å². The number of hydrogen-bond acceptors (Lipinski definition) is 2. The van der Waals surface area contributed by atoms with E-state index in [1.165, 1.54) is 13.8 Å². The summed E-state index contributed by atoms with van der Waals surface area (Å²) < 4.78 is 0. The molecule has 13 heavy (non-hydrogen) atoms. The van der Waals surface area contributed by atoms with Crippen molar-refractivity contribution in [2.24, 2.45) is 0 Å². The molecule has 74 valence electrons. The summed E-state index contributed by atoms with van der Waals surface area (Å²) in [5.41, 5.74) is -1.26. The second kappa shape index (κ2) is 3.92. The van der Waals surface area contributed by atoms with E-state index in [1.54, 1.807) is 0 Å². The molecule has 0 fully saturated rings. The summed E-state index contributed by atoms with van der Waals surface area (Å²) in [5, 5.41) is 12.2. The number of carbonyl (C=O) groups excluding carboxylic acids is 1. The quantitative estimate of drug-likeness (QED) is 0.627. The van der Waals surface area contributed by atoms with Gasteiger partial charge < -0.3 is 10.4 Å². The Bertz CT molecular complexity index is 215. The first-order chi connectivity index (χ1) is 6.00. The largest absolute Gasteiger partial charge is 0.381 e. The predicted molar refractivity (Wildman–Crippen MR) is 51.2 cm³/mol. The van der Waals surface area contributed by atoms with Gasteiger partial charge in [-0.25, -0.2) is 0 Å². The van der Waals surface area contributed by atoms with Crippen molar-refractivity contribution in [3.8, 4) is 0 Å². The van der Waals surface area contributed by atoms with E-state index in [4.69, 9.17) is 0 Å². The normalized spacial score (nSPS) is 22.8. The Morgan fingerprint density at radius 3 is 2.69 bits per heavy atom. The molecule has 1 aliphatic rings. The third-order valence-electron chi connectivity index (χ3n) is 2.16. The fraction of sp³-hybridized carbons (Fsp3) is 0.700. The van der Waals surface area contributed by atoms with Crippen LogP contribution in [0.2, 0.25) is 0 Å². The maximum absolute atomic E-state index is 11.3. The van der Waals surface area contributed by atoms with Gasteiger partial charge in [-0.2, -0.15) is 0 Å². The summed E-state index contributed by atoms with van der Waals surface area (Å²) in [6.07, 6.45) is 7.04. The van der Waals surface area contributed by atoms with Gasteiger partial charge in [0.1, 0.15) is 5.60 Å². The van der Waals surface area contributed by atoms with E-state index in [0.29, 0.717) is 0 Å². The van der Waals surface area contributed by atoms with Crippen LogP contribution in [0.5, 0.6) is 0 Å². The molecule has 3 nitrogen and oxygen atoms in total. The monoisotopic (exact) mass is 183 g/mol. The highest BCUT2D eigenvalue weighted by molar-refractivity contribution is 5.84. The third kappa shape index (κ3) is 3.19. The van der Waals surface area contributed by atoms with Crippen molar-refractivity contribution >= 4 is 5.91 Å². The Balaban J connectivity index is 2.40. The highest BCUT2D eigenvalue weighted by Gasteiger charge is 2.25. The van der Waals surface area contributed by atoms with Crippen LogP contribution in [0.1, 0.15) is 33.1 Å². The van der Waals surface area contributed by atoms with Gasteiger partial charge in [0.25, 0.3) is 5.91 Å². The van der Waals surface area contributed by atoms with E-state index >= 15 is 0 Å². The van der Waals surface area contributed by atoms with Crippen LogP contribution in [0, 0.1) is 0 Å². The van der Waals surface area contributed by atoms with Crippen molar-refractivity contribution < 1.29 is 9.90 Å². The average Bonchev–Trinajstić information content (AvgIpc) is 2.04. The van der Waals surface area contributed by atoms with Crippen molar-refractivity contribution in [1.82, 2.24) is 5.32 Å². The maximum Gasteiger partial charge on any atom is 0.251 e. The molecule has 0 saturated carbocycles.